The van der Waals surface area contributed by atoms with Crippen LogP contribution >= 0.6 is 0 Å². The highest BCUT2D eigenvalue weighted by Crippen LogP contribution is 2.50. The fourth-order valence-corrected chi connectivity index (χ4v) is 1.29. The van der Waals surface area contributed by atoms with Crippen molar-refractivity contribution in [1.82, 2.24) is 0 Å². The van der Waals surface area contributed by atoms with E-state index in [1.165, 1.54) is 19.3 Å². The predicted octanol–water partition coefficient (Wildman–Crippen LogP) is 1.52. The van der Waals surface area contributed by atoms with Crippen molar-refractivity contribution in [2.45, 2.75) is 39.2 Å². The van der Waals surface area contributed by atoms with E-state index in [1.54, 1.807) is 0 Å². The van der Waals surface area contributed by atoms with Crippen molar-refractivity contribution in [2.75, 3.05) is 0 Å². The molecule has 1 rings (SSSR count). The minimum atomic E-state index is 0.424. The van der Waals surface area contributed by atoms with Gasteiger partial charge in [-0.05, 0) is 31.6 Å². The Morgan fingerprint density at radius 3 is 2.12 bits per heavy atom. The summed E-state index contributed by atoms with van der Waals surface area (Å²) in [7, 11) is 0. The molecule has 1 heteroatoms. The maximum atomic E-state index is 5.74. The van der Waals surface area contributed by atoms with Gasteiger partial charge < -0.3 is 5.73 Å². The molecule has 0 aromatic rings. The van der Waals surface area contributed by atoms with Gasteiger partial charge in [-0.1, -0.05) is 6.92 Å². The van der Waals surface area contributed by atoms with Gasteiger partial charge in [0.1, 0.15) is 0 Å². The second-order valence-electron chi connectivity index (χ2n) is 3.00. The molecule has 48 valence electrons. The first-order valence-corrected chi connectivity index (χ1v) is 3.47. The van der Waals surface area contributed by atoms with Crippen molar-refractivity contribution in [3.63, 3.8) is 0 Å². The summed E-state index contributed by atoms with van der Waals surface area (Å²) < 4.78 is 0. The van der Waals surface area contributed by atoms with Crippen LogP contribution in [0.4, 0.5) is 0 Å². The van der Waals surface area contributed by atoms with E-state index in [1.807, 2.05) is 0 Å². The second-order valence-corrected chi connectivity index (χ2v) is 3.00. The summed E-state index contributed by atoms with van der Waals surface area (Å²) in [6.45, 7) is 4.35. The van der Waals surface area contributed by atoms with Gasteiger partial charge in [-0.15, -0.1) is 0 Å². The Labute approximate surface area is 51.3 Å². The Kier molecular flexibility index (Phi) is 1.31. The fraction of sp³-hybridized carbons (Fsp3) is 1.00. The Morgan fingerprint density at radius 1 is 1.62 bits per heavy atom. The zero-order chi connectivity index (χ0) is 6.20. The molecule has 8 heavy (non-hydrogen) atoms. The molecule has 0 heterocycles. The molecule has 0 spiro atoms. The summed E-state index contributed by atoms with van der Waals surface area (Å²) in [6, 6.07) is 0.424. The van der Waals surface area contributed by atoms with Gasteiger partial charge in [0.15, 0.2) is 0 Å². The lowest BCUT2D eigenvalue weighted by atomic mass is 9.96. The zero-order valence-electron chi connectivity index (χ0n) is 5.78. The molecule has 1 aliphatic carbocycles. The van der Waals surface area contributed by atoms with Crippen molar-refractivity contribution in [2.24, 2.45) is 11.1 Å². The van der Waals surface area contributed by atoms with E-state index in [0.29, 0.717) is 11.5 Å². The van der Waals surface area contributed by atoms with Gasteiger partial charge in [-0.25, -0.2) is 0 Å². The first-order valence-electron chi connectivity index (χ1n) is 3.47. The molecule has 1 atom stereocenters. The largest absolute Gasteiger partial charge is 0.327 e. The molecule has 0 aromatic heterocycles. The van der Waals surface area contributed by atoms with Gasteiger partial charge in [0, 0.05) is 6.04 Å². The van der Waals surface area contributed by atoms with E-state index in [0.717, 1.165) is 0 Å². The Balaban J connectivity index is 2.41. The van der Waals surface area contributed by atoms with E-state index < -0.39 is 0 Å². The quantitative estimate of drug-likeness (QED) is 0.577. The maximum absolute atomic E-state index is 5.74. The molecule has 1 aliphatic rings. The average Bonchev–Trinajstić information content (AvgIpc) is 2.44. The predicted molar refractivity (Wildman–Crippen MR) is 35.6 cm³/mol. The van der Waals surface area contributed by atoms with Crippen molar-refractivity contribution in [3.05, 3.63) is 0 Å². The summed E-state index contributed by atoms with van der Waals surface area (Å²) in [5, 5.41) is 0. The number of rotatable bonds is 2. The molecule has 1 saturated carbocycles. The van der Waals surface area contributed by atoms with Gasteiger partial charge in [0.2, 0.25) is 0 Å². The molecule has 0 unspecified atom stereocenters. The minimum absolute atomic E-state index is 0.424. The second kappa shape index (κ2) is 1.73. The Morgan fingerprint density at radius 2 is 2.12 bits per heavy atom. The van der Waals surface area contributed by atoms with Crippen LogP contribution < -0.4 is 5.73 Å². The maximum Gasteiger partial charge on any atom is 0.00669 e. The van der Waals surface area contributed by atoms with Crippen molar-refractivity contribution >= 4 is 0 Å². The number of hydrogen-bond donors (Lipinski definition) is 1. The van der Waals surface area contributed by atoms with Gasteiger partial charge in [-0.2, -0.15) is 0 Å². The normalized spacial score (nSPS) is 27.4. The summed E-state index contributed by atoms with van der Waals surface area (Å²) >= 11 is 0. The highest BCUT2D eigenvalue weighted by molar-refractivity contribution is 4.97. The lowest BCUT2D eigenvalue weighted by Gasteiger charge is -2.15. The summed E-state index contributed by atoms with van der Waals surface area (Å²) in [5.41, 5.74) is 6.31. The molecule has 1 fully saturated rings. The van der Waals surface area contributed by atoms with Gasteiger partial charge in [0.25, 0.3) is 0 Å². The van der Waals surface area contributed by atoms with E-state index >= 15 is 0 Å². The fourth-order valence-electron chi connectivity index (χ4n) is 1.29. The summed E-state index contributed by atoms with van der Waals surface area (Å²) in [5.74, 6) is 0. The zero-order valence-corrected chi connectivity index (χ0v) is 5.78. The molecule has 0 radical (unpaired) electrons. The van der Waals surface area contributed by atoms with E-state index in [4.69, 9.17) is 5.73 Å². The van der Waals surface area contributed by atoms with Gasteiger partial charge in [0.05, 0.1) is 0 Å². The number of nitrogens with two attached hydrogens (primary N) is 1. The molecule has 0 aliphatic heterocycles. The third-order valence-corrected chi connectivity index (χ3v) is 2.56. The van der Waals surface area contributed by atoms with Crippen LogP contribution in [0.15, 0.2) is 0 Å². The molecule has 0 bridgehead atoms. The van der Waals surface area contributed by atoms with Crippen LogP contribution in [0.1, 0.15) is 33.1 Å². The minimum Gasteiger partial charge on any atom is -0.327 e. The lowest BCUT2D eigenvalue weighted by molar-refractivity contribution is 0.407. The Bertz CT molecular complexity index is 82.4. The van der Waals surface area contributed by atoms with Crippen LogP contribution in [0.5, 0.6) is 0 Å². The monoisotopic (exact) mass is 113 g/mol. The average molecular weight is 113 g/mol. The standard InChI is InChI=1S/C7H15N/c1-3-7(4-5-7)6(2)8/h6H,3-5,8H2,1-2H3/t6-/m0/s1. The van der Waals surface area contributed by atoms with Crippen LogP contribution in [0.3, 0.4) is 0 Å². The highest BCUT2D eigenvalue weighted by Gasteiger charge is 2.43. The smallest absolute Gasteiger partial charge is 0.00669 e. The summed E-state index contributed by atoms with van der Waals surface area (Å²) in [6.07, 6.45) is 3.99. The molecule has 2 N–H and O–H groups in total. The molecule has 0 saturated heterocycles. The molecule has 0 aromatic carbocycles. The van der Waals surface area contributed by atoms with Crippen LogP contribution in [0, 0.1) is 5.41 Å². The van der Waals surface area contributed by atoms with Crippen molar-refractivity contribution in [3.8, 4) is 0 Å². The SMILES string of the molecule is CCC1([C@H](C)N)CC1. The van der Waals surface area contributed by atoms with E-state index in [-0.39, 0.29) is 0 Å². The molecular weight excluding hydrogens is 98.1 g/mol. The Hall–Kier alpha value is -0.0400. The third-order valence-electron chi connectivity index (χ3n) is 2.56. The molecule has 0 amide bonds. The highest BCUT2D eigenvalue weighted by atomic mass is 14.7. The topological polar surface area (TPSA) is 26.0 Å². The summed E-state index contributed by atoms with van der Waals surface area (Å²) in [4.78, 5) is 0. The van der Waals surface area contributed by atoms with Crippen LogP contribution in [0.25, 0.3) is 0 Å². The third kappa shape index (κ3) is 0.752. The number of hydrogen-bond acceptors (Lipinski definition) is 1. The van der Waals surface area contributed by atoms with Crippen LogP contribution in [-0.2, 0) is 0 Å². The van der Waals surface area contributed by atoms with E-state index in [9.17, 15) is 0 Å². The molecular formula is C7H15N. The van der Waals surface area contributed by atoms with Crippen LogP contribution in [-0.4, -0.2) is 6.04 Å². The van der Waals surface area contributed by atoms with Crippen molar-refractivity contribution < 1.29 is 0 Å². The van der Waals surface area contributed by atoms with Gasteiger partial charge in [-0.3, -0.25) is 0 Å². The molecule has 1 nitrogen and oxygen atoms in total. The first-order chi connectivity index (χ1) is 3.71. The van der Waals surface area contributed by atoms with Gasteiger partial charge >= 0.3 is 0 Å². The van der Waals surface area contributed by atoms with E-state index in [2.05, 4.69) is 13.8 Å². The van der Waals surface area contributed by atoms with Crippen LogP contribution in [0.2, 0.25) is 0 Å². The lowest BCUT2D eigenvalue weighted by Crippen LogP contribution is -2.27. The first kappa shape index (κ1) is 6.09. The van der Waals surface area contributed by atoms with Crippen molar-refractivity contribution in [1.29, 1.82) is 0 Å².